The second kappa shape index (κ2) is 4.71. The van der Waals surface area contributed by atoms with Gasteiger partial charge in [0.1, 0.15) is 5.82 Å². The zero-order valence-corrected chi connectivity index (χ0v) is 12.0. The third-order valence-corrected chi connectivity index (χ3v) is 3.81. The Bertz CT molecular complexity index is 917. The van der Waals surface area contributed by atoms with Crippen molar-refractivity contribution in [1.29, 1.82) is 0 Å². The van der Waals surface area contributed by atoms with Gasteiger partial charge in [0, 0.05) is 10.6 Å². The fourth-order valence-corrected chi connectivity index (χ4v) is 2.82. The Hall–Kier alpha value is -2.60. The normalized spacial score (nSPS) is 17.0. The molecule has 0 bridgehead atoms. The molecule has 0 fully saturated rings. The summed E-state index contributed by atoms with van der Waals surface area (Å²) in [6, 6.07) is 11.9. The Labute approximate surface area is 130 Å². The molecule has 0 spiro atoms. The maximum absolute atomic E-state index is 14.3. The number of guanidine groups is 1. The molecule has 1 aliphatic rings. The minimum atomic E-state index is -0.651. The lowest BCUT2D eigenvalue weighted by Gasteiger charge is -2.24. The van der Waals surface area contributed by atoms with Crippen LogP contribution in [-0.4, -0.2) is 15.5 Å². The summed E-state index contributed by atoms with van der Waals surface area (Å²) in [4.78, 5) is 8.79. The van der Waals surface area contributed by atoms with Crippen LogP contribution < -0.4 is 11.1 Å². The Morgan fingerprint density at radius 3 is 2.91 bits per heavy atom. The van der Waals surface area contributed by atoms with E-state index in [2.05, 4.69) is 15.3 Å². The second-order valence-corrected chi connectivity index (χ2v) is 5.41. The molecular formula is C15H11ClFN5. The first-order valence-electron chi connectivity index (χ1n) is 6.66. The third-order valence-electron chi connectivity index (χ3n) is 3.58. The van der Waals surface area contributed by atoms with E-state index in [0.717, 1.165) is 11.0 Å². The molecule has 2 aromatic carbocycles. The van der Waals surface area contributed by atoms with E-state index in [4.69, 9.17) is 17.3 Å². The molecule has 3 aromatic rings. The van der Waals surface area contributed by atoms with Crippen LogP contribution >= 0.6 is 11.6 Å². The van der Waals surface area contributed by atoms with E-state index in [1.165, 1.54) is 12.1 Å². The number of halogens is 2. The van der Waals surface area contributed by atoms with Gasteiger partial charge in [0.2, 0.25) is 5.95 Å². The van der Waals surface area contributed by atoms with Gasteiger partial charge >= 0.3 is 0 Å². The lowest BCUT2D eigenvalue weighted by atomic mass is 10.1. The van der Waals surface area contributed by atoms with E-state index < -0.39 is 12.0 Å². The van der Waals surface area contributed by atoms with Crippen LogP contribution in [0.5, 0.6) is 0 Å². The SMILES string of the molecule is NC1=N[C@@H](c2cc(Cl)ccc2F)n2c(nc3ccccc32)N1. The van der Waals surface area contributed by atoms with Crippen LogP contribution in [0, 0.1) is 5.82 Å². The van der Waals surface area contributed by atoms with E-state index in [0.29, 0.717) is 16.5 Å². The maximum atomic E-state index is 14.3. The van der Waals surface area contributed by atoms with Crippen molar-refractivity contribution in [2.24, 2.45) is 10.7 Å². The highest BCUT2D eigenvalue weighted by molar-refractivity contribution is 6.30. The first kappa shape index (κ1) is 13.1. The van der Waals surface area contributed by atoms with Gasteiger partial charge in [-0.15, -0.1) is 0 Å². The molecule has 0 radical (unpaired) electrons. The van der Waals surface area contributed by atoms with Crippen molar-refractivity contribution in [2.45, 2.75) is 6.17 Å². The lowest BCUT2D eigenvalue weighted by Crippen LogP contribution is -2.31. The van der Waals surface area contributed by atoms with E-state index in [1.807, 2.05) is 24.3 Å². The third kappa shape index (κ3) is 1.92. The van der Waals surface area contributed by atoms with Gasteiger partial charge in [-0.25, -0.2) is 14.4 Å². The van der Waals surface area contributed by atoms with Crippen molar-refractivity contribution in [2.75, 3.05) is 5.32 Å². The van der Waals surface area contributed by atoms with E-state index in [-0.39, 0.29) is 5.96 Å². The second-order valence-electron chi connectivity index (χ2n) is 4.97. The minimum absolute atomic E-state index is 0.187. The highest BCUT2D eigenvalue weighted by atomic mass is 35.5. The van der Waals surface area contributed by atoms with Gasteiger partial charge in [-0.3, -0.25) is 9.88 Å². The number of imidazole rings is 1. The van der Waals surface area contributed by atoms with Gasteiger partial charge in [-0.1, -0.05) is 23.7 Å². The fraction of sp³-hybridized carbons (Fsp3) is 0.0667. The number of anilines is 1. The topological polar surface area (TPSA) is 68.2 Å². The van der Waals surface area contributed by atoms with Gasteiger partial charge in [0.05, 0.1) is 11.0 Å². The van der Waals surface area contributed by atoms with Crippen LogP contribution in [-0.2, 0) is 0 Å². The van der Waals surface area contributed by atoms with Crippen molar-refractivity contribution in [3.8, 4) is 0 Å². The molecule has 0 saturated carbocycles. The van der Waals surface area contributed by atoms with E-state index in [1.54, 1.807) is 10.6 Å². The molecule has 22 heavy (non-hydrogen) atoms. The van der Waals surface area contributed by atoms with Crippen molar-refractivity contribution in [3.05, 3.63) is 58.9 Å². The number of para-hydroxylation sites is 2. The number of nitrogens with two attached hydrogens (primary N) is 1. The number of hydrogen-bond donors (Lipinski definition) is 2. The van der Waals surface area contributed by atoms with Crippen molar-refractivity contribution in [1.82, 2.24) is 9.55 Å². The molecule has 0 amide bonds. The van der Waals surface area contributed by atoms with Gasteiger partial charge < -0.3 is 5.73 Å². The van der Waals surface area contributed by atoms with Crippen LogP contribution in [0.2, 0.25) is 5.02 Å². The standard InChI is InChI=1S/C15H11ClFN5/c16-8-5-6-10(17)9(7-8)13-20-14(18)21-15-19-11-3-1-2-4-12(11)22(13)15/h1-7,13H,(H3,18,19,20,21)/t13-/m1/s1. The summed E-state index contributed by atoms with van der Waals surface area (Å²) in [6.07, 6.45) is -0.651. The predicted octanol–water partition coefficient (Wildman–Crippen LogP) is 3.12. The molecule has 3 N–H and O–H groups in total. The molecule has 0 aliphatic carbocycles. The van der Waals surface area contributed by atoms with Crippen LogP contribution in [0.1, 0.15) is 11.7 Å². The number of rotatable bonds is 1. The van der Waals surface area contributed by atoms with Gasteiger partial charge in [0.25, 0.3) is 0 Å². The summed E-state index contributed by atoms with van der Waals surface area (Å²) in [7, 11) is 0. The zero-order chi connectivity index (χ0) is 15.3. The Kier molecular flexibility index (Phi) is 2.80. The Morgan fingerprint density at radius 1 is 1.23 bits per heavy atom. The number of fused-ring (bicyclic) bond motifs is 3. The van der Waals surface area contributed by atoms with E-state index in [9.17, 15) is 4.39 Å². The number of aliphatic imine (C=N–C) groups is 1. The smallest absolute Gasteiger partial charge is 0.212 e. The Morgan fingerprint density at radius 2 is 2.05 bits per heavy atom. The fourth-order valence-electron chi connectivity index (χ4n) is 2.64. The number of hydrogen-bond acceptors (Lipinski definition) is 4. The molecule has 5 nitrogen and oxygen atoms in total. The monoisotopic (exact) mass is 315 g/mol. The van der Waals surface area contributed by atoms with Gasteiger partial charge in [-0.2, -0.15) is 0 Å². The Balaban J connectivity index is 2.00. The molecule has 1 atom stereocenters. The predicted molar refractivity (Wildman–Crippen MR) is 84.5 cm³/mol. The van der Waals surface area contributed by atoms with E-state index >= 15 is 0 Å². The average Bonchev–Trinajstić information content (AvgIpc) is 2.87. The number of benzene rings is 2. The molecule has 4 rings (SSSR count). The van der Waals surface area contributed by atoms with Crippen molar-refractivity contribution < 1.29 is 4.39 Å². The van der Waals surface area contributed by atoms with Crippen LogP contribution in [0.4, 0.5) is 10.3 Å². The summed E-state index contributed by atoms with van der Waals surface area (Å²) >= 11 is 6.00. The summed E-state index contributed by atoms with van der Waals surface area (Å²) in [5.74, 6) is 0.321. The van der Waals surface area contributed by atoms with Crippen LogP contribution in [0.15, 0.2) is 47.5 Å². The molecule has 1 aliphatic heterocycles. The number of nitrogens with zero attached hydrogens (tertiary/aromatic N) is 3. The number of nitrogens with one attached hydrogen (secondary N) is 1. The van der Waals surface area contributed by atoms with Gasteiger partial charge in [0.15, 0.2) is 12.1 Å². The van der Waals surface area contributed by atoms with Gasteiger partial charge in [-0.05, 0) is 30.3 Å². The summed E-state index contributed by atoms with van der Waals surface area (Å²) in [5, 5.41) is 3.35. The molecule has 110 valence electrons. The molecule has 1 aromatic heterocycles. The lowest BCUT2D eigenvalue weighted by molar-refractivity contribution is 0.551. The van der Waals surface area contributed by atoms with Crippen molar-refractivity contribution in [3.63, 3.8) is 0 Å². The summed E-state index contributed by atoms with van der Waals surface area (Å²) in [5.41, 5.74) is 7.78. The largest absolute Gasteiger partial charge is 0.370 e. The highest BCUT2D eigenvalue weighted by Crippen LogP contribution is 2.34. The first-order valence-corrected chi connectivity index (χ1v) is 7.03. The summed E-state index contributed by atoms with van der Waals surface area (Å²) in [6.45, 7) is 0. The van der Waals surface area contributed by atoms with Crippen LogP contribution in [0.3, 0.4) is 0 Å². The highest BCUT2D eigenvalue weighted by Gasteiger charge is 2.27. The number of aromatic nitrogens is 2. The van der Waals surface area contributed by atoms with Crippen LogP contribution in [0.25, 0.3) is 11.0 Å². The maximum Gasteiger partial charge on any atom is 0.212 e. The molecular weight excluding hydrogens is 305 g/mol. The first-order chi connectivity index (χ1) is 10.6. The minimum Gasteiger partial charge on any atom is -0.370 e. The molecule has 0 saturated heterocycles. The molecule has 0 unspecified atom stereocenters. The molecule has 2 heterocycles. The zero-order valence-electron chi connectivity index (χ0n) is 11.3. The summed E-state index contributed by atoms with van der Waals surface area (Å²) < 4.78 is 16.1. The average molecular weight is 316 g/mol. The molecule has 7 heteroatoms. The quantitative estimate of drug-likeness (QED) is 0.725. The van der Waals surface area contributed by atoms with Crippen molar-refractivity contribution >= 4 is 34.5 Å².